The van der Waals surface area contributed by atoms with Crippen LogP contribution < -0.4 is 0 Å². The van der Waals surface area contributed by atoms with Gasteiger partial charge in [-0.25, -0.2) is 0 Å². The molecule has 2 aliphatic rings. The van der Waals surface area contributed by atoms with Crippen LogP contribution in [0.15, 0.2) is 30.3 Å². The lowest BCUT2D eigenvalue weighted by atomic mass is 9.86. The van der Waals surface area contributed by atoms with E-state index in [-0.39, 0.29) is 16.4 Å². The Bertz CT molecular complexity index is 1130. The van der Waals surface area contributed by atoms with E-state index in [4.69, 9.17) is 0 Å². The Labute approximate surface area is 177 Å². The zero-order valence-corrected chi connectivity index (χ0v) is 17.5. The van der Waals surface area contributed by atoms with E-state index in [1.165, 1.54) is 12.1 Å². The fourth-order valence-corrected chi connectivity index (χ4v) is 4.16. The van der Waals surface area contributed by atoms with Gasteiger partial charge in [0.1, 0.15) is 0 Å². The van der Waals surface area contributed by atoms with Gasteiger partial charge in [-0.15, -0.1) is 0 Å². The third-order valence-electron chi connectivity index (χ3n) is 5.84. The summed E-state index contributed by atoms with van der Waals surface area (Å²) in [5.41, 5.74) is 0.254. The fourth-order valence-electron chi connectivity index (χ4n) is 4.16. The molecule has 4 rings (SSSR count). The second-order valence-corrected chi connectivity index (χ2v) is 8.89. The monoisotopic (exact) mass is 432 g/mol. The number of aliphatic hydroxyl groups excluding tert-OH is 1. The van der Waals surface area contributed by atoms with E-state index in [0.717, 1.165) is 11.6 Å². The van der Waals surface area contributed by atoms with Crippen LogP contribution in [0.1, 0.15) is 62.5 Å². The minimum absolute atomic E-state index is 0.0826. The minimum Gasteiger partial charge on any atom is -0.388 e. The van der Waals surface area contributed by atoms with Crippen LogP contribution in [0.5, 0.6) is 0 Å². The third kappa shape index (κ3) is 3.81. The van der Waals surface area contributed by atoms with Gasteiger partial charge in [0.2, 0.25) is 11.6 Å². The first-order valence-corrected chi connectivity index (χ1v) is 9.60. The Kier molecular flexibility index (Phi) is 5.43. The molecule has 0 saturated heterocycles. The summed E-state index contributed by atoms with van der Waals surface area (Å²) in [6.45, 7) is 7.65. The van der Waals surface area contributed by atoms with Gasteiger partial charge in [-0.1, -0.05) is 52.0 Å². The summed E-state index contributed by atoms with van der Waals surface area (Å²) in [5.74, 6) is -1.64. The van der Waals surface area contributed by atoms with Crippen LogP contribution >= 0.6 is 0 Å². The number of nitro benzene ring substituents is 2. The van der Waals surface area contributed by atoms with Gasteiger partial charge in [0.25, 0.3) is 0 Å². The Hall–Kier alpha value is -3.20. The molecule has 164 valence electrons. The molecule has 0 bridgehead atoms. The predicted molar refractivity (Wildman–Crippen MR) is 111 cm³/mol. The van der Waals surface area contributed by atoms with Gasteiger partial charge in [-0.05, 0) is 23.0 Å². The smallest absolute Gasteiger partial charge is 0.305 e. The molecule has 0 heterocycles. The summed E-state index contributed by atoms with van der Waals surface area (Å²) in [4.78, 5) is 19.6. The van der Waals surface area contributed by atoms with E-state index in [9.17, 15) is 34.1 Å². The Morgan fingerprint density at radius 3 is 2.00 bits per heavy atom. The van der Waals surface area contributed by atoms with Crippen molar-refractivity contribution < 1.29 is 23.7 Å². The van der Waals surface area contributed by atoms with E-state index in [2.05, 4.69) is 0 Å². The van der Waals surface area contributed by atoms with Crippen LogP contribution in [-0.2, 0) is 10.8 Å². The molecule has 1 atom stereocenters. The highest BCUT2D eigenvalue weighted by atomic mass is 19.1. The van der Waals surface area contributed by atoms with Gasteiger partial charge in [0, 0.05) is 28.7 Å². The molecule has 2 aromatic carbocycles. The molecule has 9 heteroatoms. The molecule has 7 nitrogen and oxygen atoms in total. The second kappa shape index (κ2) is 7.49. The van der Waals surface area contributed by atoms with Gasteiger partial charge in [0.05, 0.1) is 16.0 Å². The molecule has 2 aliphatic carbocycles. The molecule has 1 N–H and O–H groups in total. The number of fused-ring (bicyclic) bond motifs is 2. The van der Waals surface area contributed by atoms with Crippen molar-refractivity contribution in [3.8, 4) is 0 Å². The zero-order chi connectivity index (χ0) is 23.3. The quantitative estimate of drug-likeness (QED) is 0.499. The highest BCUT2D eigenvalue weighted by molar-refractivity contribution is 5.67. The average molecular weight is 432 g/mol. The van der Waals surface area contributed by atoms with Crippen LogP contribution in [0, 0.1) is 31.9 Å². The largest absolute Gasteiger partial charge is 0.388 e. The lowest BCUT2D eigenvalue weighted by molar-refractivity contribution is -0.387. The van der Waals surface area contributed by atoms with Crippen molar-refractivity contribution in [3.05, 3.63) is 84.5 Å². The van der Waals surface area contributed by atoms with Crippen molar-refractivity contribution in [2.75, 3.05) is 0 Å². The number of allylic oxidation sites excluding steroid dienone is 1. The van der Waals surface area contributed by atoms with Crippen molar-refractivity contribution >= 4 is 17.5 Å². The number of benzene rings is 2. The molecule has 0 spiro atoms. The van der Waals surface area contributed by atoms with E-state index in [0.29, 0.717) is 17.5 Å². The summed E-state index contributed by atoms with van der Waals surface area (Å²) < 4.78 is 27.5. The Morgan fingerprint density at radius 2 is 1.45 bits per heavy atom. The maximum atomic E-state index is 13.8. The first-order valence-electron chi connectivity index (χ1n) is 9.60. The molecule has 31 heavy (non-hydrogen) atoms. The first-order chi connectivity index (χ1) is 14.3. The fraction of sp³-hybridized carbons (Fsp3) is 0.364. The summed E-state index contributed by atoms with van der Waals surface area (Å²) in [5, 5.41) is 30.8. The van der Waals surface area contributed by atoms with Crippen molar-refractivity contribution in [2.24, 2.45) is 0 Å². The van der Waals surface area contributed by atoms with Gasteiger partial charge >= 0.3 is 11.4 Å². The van der Waals surface area contributed by atoms with Crippen molar-refractivity contribution in [1.29, 1.82) is 0 Å². The molecule has 0 aliphatic heterocycles. The highest BCUT2D eigenvalue weighted by Gasteiger charge is 2.40. The predicted octanol–water partition coefficient (Wildman–Crippen LogP) is 5.49. The van der Waals surface area contributed by atoms with Crippen LogP contribution in [0.25, 0.3) is 6.08 Å². The Balaban J connectivity index is 0.000000176. The number of halogens is 2. The maximum absolute atomic E-state index is 13.8. The first kappa shape index (κ1) is 22.5. The van der Waals surface area contributed by atoms with Crippen molar-refractivity contribution in [1.82, 2.24) is 0 Å². The lowest BCUT2D eigenvalue weighted by Gasteiger charge is -2.18. The number of aliphatic hydroxyl groups is 1. The van der Waals surface area contributed by atoms with E-state index in [1.807, 2.05) is 33.8 Å². The van der Waals surface area contributed by atoms with E-state index >= 15 is 0 Å². The normalized spacial score (nSPS) is 19.3. The molecule has 0 saturated carbocycles. The average Bonchev–Trinajstić information content (AvgIpc) is 3.09. The molecule has 0 amide bonds. The third-order valence-corrected chi connectivity index (χ3v) is 5.84. The van der Waals surface area contributed by atoms with Gasteiger partial charge in [0.15, 0.2) is 0 Å². The van der Waals surface area contributed by atoms with Gasteiger partial charge in [-0.2, -0.15) is 8.78 Å². The van der Waals surface area contributed by atoms with Crippen LogP contribution in [0.3, 0.4) is 0 Å². The summed E-state index contributed by atoms with van der Waals surface area (Å²) in [7, 11) is 0. The molecule has 0 aromatic heterocycles. The van der Waals surface area contributed by atoms with Gasteiger partial charge in [-0.3, -0.25) is 20.2 Å². The van der Waals surface area contributed by atoms with Gasteiger partial charge < -0.3 is 5.11 Å². The van der Waals surface area contributed by atoms with Crippen LogP contribution in [-0.4, -0.2) is 15.0 Å². The minimum atomic E-state index is -0.954. The number of nitro groups is 2. The summed E-state index contributed by atoms with van der Waals surface area (Å²) >= 11 is 0. The van der Waals surface area contributed by atoms with E-state index in [1.54, 1.807) is 12.1 Å². The lowest BCUT2D eigenvalue weighted by Crippen LogP contribution is -2.12. The molecular weight excluding hydrogens is 410 g/mol. The van der Waals surface area contributed by atoms with Crippen LogP contribution in [0.4, 0.5) is 20.2 Å². The second-order valence-electron chi connectivity index (χ2n) is 8.89. The molecule has 2 aromatic rings. The highest BCUT2D eigenvalue weighted by Crippen LogP contribution is 2.47. The van der Waals surface area contributed by atoms with E-state index < -0.39 is 39.0 Å². The standard InChI is InChI=1S/C11H12FNO3.C11H10FNO2/c1-11(2)5-8(14)9-6(11)3-4-7(10(9)12)13(15)16;1-11(2)6-5-7-8(11)3-4-9(10(7)12)13(14)15/h3-4,8,14H,5H2,1-2H3;3-6H,1-2H3. The number of hydrogen-bond acceptors (Lipinski definition) is 5. The molecule has 0 fully saturated rings. The summed E-state index contributed by atoms with van der Waals surface area (Å²) in [6, 6.07) is 5.54. The molecule has 1 unspecified atom stereocenters. The SMILES string of the molecule is CC1(C)C=Cc2c1ccc([N+](=O)[O-])c2F.CC1(C)CC(O)c2c1ccc([N+](=O)[O-])c2F. The number of rotatable bonds is 2. The molecular formula is C22H22F2N2O5. The van der Waals surface area contributed by atoms with Crippen molar-refractivity contribution in [3.63, 3.8) is 0 Å². The molecule has 0 radical (unpaired) electrons. The van der Waals surface area contributed by atoms with Crippen molar-refractivity contribution in [2.45, 2.75) is 51.0 Å². The summed E-state index contributed by atoms with van der Waals surface area (Å²) in [6.07, 6.45) is 2.90. The topological polar surface area (TPSA) is 107 Å². The maximum Gasteiger partial charge on any atom is 0.305 e. The zero-order valence-electron chi connectivity index (χ0n) is 17.5. The Morgan fingerprint density at radius 1 is 0.935 bits per heavy atom. The van der Waals surface area contributed by atoms with Crippen LogP contribution in [0.2, 0.25) is 0 Å². The number of nitrogens with zero attached hydrogens (tertiary/aromatic N) is 2. The number of hydrogen-bond donors (Lipinski definition) is 1.